The molecule has 2 amide bonds. The summed E-state index contributed by atoms with van der Waals surface area (Å²) in [6.45, 7) is 3.67. The zero-order valence-corrected chi connectivity index (χ0v) is 14.2. The summed E-state index contributed by atoms with van der Waals surface area (Å²) in [6, 6.07) is 13.1. The molecule has 2 rings (SSSR count). The van der Waals surface area contributed by atoms with Gasteiger partial charge in [-0.1, -0.05) is 19.1 Å². The first-order valence-electron chi connectivity index (χ1n) is 7.96. The van der Waals surface area contributed by atoms with Crippen LogP contribution in [0.3, 0.4) is 0 Å². The van der Waals surface area contributed by atoms with E-state index in [0.717, 1.165) is 6.42 Å². The number of carbonyl (C=O) groups is 3. The van der Waals surface area contributed by atoms with Crippen LogP contribution in [-0.2, 0) is 9.53 Å². The summed E-state index contributed by atoms with van der Waals surface area (Å²) in [5.74, 6) is -0.979. The molecule has 0 atom stereocenters. The van der Waals surface area contributed by atoms with E-state index >= 15 is 0 Å². The van der Waals surface area contributed by atoms with E-state index in [1.54, 1.807) is 48.5 Å². The summed E-state index contributed by atoms with van der Waals surface area (Å²) in [5.41, 5.74) is 1.79. The minimum atomic E-state index is -0.425. The molecule has 0 heterocycles. The molecule has 2 aromatic rings. The van der Waals surface area contributed by atoms with E-state index in [-0.39, 0.29) is 11.8 Å². The molecule has 6 heteroatoms. The Kier molecular flexibility index (Phi) is 6.28. The summed E-state index contributed by atoms with van der Waals surface area (Å²) in [4.78, 5) is 35.4. The van der Waals surface area contributed by atoms with Gasteiger partial charge in [-0.2, -0.15) is 0 Å². The van der Waals surface area contributed by atoms with Crippen molar-refractivity contribution in [2.24, 2.45) is 0 Å². The number of ether oxygens (including phenoxy) is 1. The number of carbonyl (C=O) groups excluding carboxylic acids is 3. The highest BCUT2D eigenvalue weighted by atomic mass is 16.5. The summed E-state index contributed by atoms with van der Waals surface area (Å²) in [5, 5.41) is 5.36. The van der Waals surface area contributed by atoms with Crippen LogP contribution >= 0.6 is 0 Å². The Morgan fingerprint density at radius 1 is 0.920 bits per heavy atom. The minimum Gasteiger partial charge on any atom is -0.462 e. The number of amides is 2. The van der Waals surface area contributed by atoms with Gasteiger partial charge in [-0.05, 0) is 42.8 Å². The van der Waals surface area contributed by atoms with Crippen LogP contribution in [0.25, 0.3) is 0 Å². The van der Waals surface area contributed by atoms with Gasteiger partial charge in [-0.25, -0.2) is 4.79 Å². The maximum atomic E-state index is 12.4. The monoisotopic (exact) mass is 340 g/mol. The van der Waals surface area contributed by atoms with Crippen molar-refractivity contribution in [3.05, 3.63) is 59.7 Å². The van der Waals surface area contributed by atoms with Crippen LogP contribution in [0, 0.1) is 0 Å². The molecule has 0 radical (unpaired) electrons. The average molecular weight is 340 g/mol. The van der Waals surface area contributed by atoms with Crippen LogP contribution in [0.1, 0.15) is 41.0 Å². The van der Waals surface area contributed by atoms with Gasteiger partial charge < -0.3 is 15.4 Å². The second kappa shape index (κ2) is 8.63. The first-order valence-corrected chi connectivity index (χ1v) is 7.96. The number of nitrogens with one attached hydrogen (secondary N) is 2. The normalized spacial score (nSPS) is 10.0. The van der Waals surface area contributed by atoms with Crippen molar-refractivity contribution in [2.45, 2.75) is 20.3 Å². The molecule has 0 fully saturated rings. The molecule has 25 heavy (non-hydrogen) atoms. The number of hydrogen-bond acceptors (Lipinski definition) is 4. The fourth-order valence-corrected chi connectivity index (χ4v) is 2.15. The van der Waals surface area contributed by atoms with Crippen LogP contribution in [0.15, 0.2) is 48.5 Å². The Morgan fingerprint density at radius 2 is 1.52 bits per heavy atom. The van der Waals surface area contributed by atoms with Crippen LogP contribution in [0.4, 0.5) is 11.4 Å². The van der Waals surface area contributed by atoms with E-state index in [1.165, 1.54) is 6.92 Å². The van der Waals surface area contributed by atoms with Crippen molar-refractivity contribution < 1.29 is 19.1 Å². The Bertz CT molecular complexity index is 786. The minimum absolute atomic E-state index is 0.212. The van der Waals surface area contributed by atoms with E-state index in [1.807, 2.05) is 6.92 Å². The second-order valence-corrected chi connectivity index (χ2v) is 5.43. The molecule has 0 unspecified atom stereocenters. The highest BCUT2D eigenvalue weighted by Crippen LogP contribution is 2.15. The van der Waals surface area contributed by atoms with Gasteiger partial charge in [0.25, 0.3) is 5.91 Å². The number of esters is 1. The van der Waals surface area contributed by atoms with E-state index in [2.05, 4.69) is 10.6 Å². The predicted octanol–water partition coefficient (Wildman–Crippen LogP) is 3.46. The molecule has 2 N–H and O–H groups in total. The Morgan fingerprint density at radius 3 is 2.16 bits per heavy atom. The Balaban J connectivity index is 2.10. The smallest absolute Gasteiger partial charge is 0.338 e. The number of rotatable bonds is 6. The van der Waals surface area contributed by atoms with Crippen molar-refractivity contribution in [3.63, 3.8) is 0 Å². The molecule has 0 saturated heterocycles. The highest BCUT2D eigenvalue weighted by molar-refractivity contribution is 6.05. The summed E-state index contributed by atoms with van der Waals surface area (Å²) < 4.78 is 5.08. The van der Waals surface area contributed by atoms with Gasteiger partial charge in [-0.15, -0.1) is 0 Å². The summed E-state index contributed by atoms with van der Waals surface area (Å²) in [6.07, 6.45) is 0.743. The number of anilines is 2. The molecule has 0 aliphatic rings. The van der Waals surface area contributed by atoms with E-state index < -0.39 is 5.97 Å². The molecular formula is C19H20N2O4. The third-order valence-electron chi connectivity index (χ3n) is 3.24. The van der Waals surface area contributed by atoms with Crippen molar-refractivity contribution in [1.29, 1.82) is 0 Å². The van der Waals surface area contributed by atoms with Gasteiger partial charge >= 0.3 is 5.97 Å². The number of benzene rings is 2. The average Bonchev–Trinajstić information content (AvgIpc) is 2.59. The van der Waals surface area contributed by atoms with Crippen LogP contribution in [-0.4, -0.2) is 24.4 Å². The summed E-state index contributed by atoms with van der Waals surface area (Å²) >= 11 is 0. The van der Waals surface area contributed by atoms with Gasteiger partial charge in [0.1, 0.15) is 0 Å². The van der Waals surface area contributed by atoms with Crippen LogP contribution in [0.2, 0.25) is 0 Å². The van der Waals surface area contributed by atoms with Gasteiger partial charge in [0.15, 0.2) is 0 Å². The predicted molar refractivity (Wildman–Crippen MR) is 95.7 cm³/mol. The van der Waals surface area contributed by atoms with Gasteiger partial charge in [-0.3, -0.25) is 9.59 Å². The van der Waals surface area contributed by atoms with Crippen molar-refractivity contribution in [1.82, 2.24) is 0 Å². The lowest BCUT2D eigenvalue weighted by Crippen LogP contribution is -2.14. The third-order valence-corrected chi connectivity index (χ3v) is 3.24. The van der Waals surface area contributed by atoms with Gasteiger partial charge in [0.05, 0.1) is 12.2 Å². The highest BCUT2D eigenvalue weighted by Gasteiger charge is 2.11. The first-order chi connectivity index (χ1) is 12.0. The Labute approximate surface area is 146 Å². The van der Waals surface area contributed by atoms with Crippen LogP contribution < -0.4 is 10.6 Å². The molecule has 0 aromatic heterocycles. The van der Waals surface area contributed by atoms with Crippen molar-refractivity contribution in [2.75, 3.05) is 17.2 Å². The lowest BCUT2D eigenvalue weighted by Gasteiger charge is -2.09. The zero-order valence-electron chi connectivity index (χ0n) is 14.2. The van der Waals surface area contributed by atoms with Crippen LogP contribution in [0.5, 0.6) is 0 Å². The van der Waals surface area contributed by atoms with Gasteiger partial charge in [0, 0.05) is 23.9 Å². The second-order valence-electron chi connectivity index (χ2n) is 5.43. The lowest BCUT2D eigenvalue weighted by atomic mass is 10.1. The maximum Gasteiger partial charge on any atom is 0.338 e. The molecular weight excluding hydrogens is 320 g/mol. The molecule has 6 nitrogen and oxygen atoms in total. The molecule has 0 spiro atoms. The van der Waals surface area contributed by atoms with E-state index in [0.29, 0.717) is 29.1 Å². The standard InChI is InChI=1S/C19H20N2O4/c1-3-10-25-19(24)15-7-5-9-17(12-15)21-18(23)14-6-4-8-16(11-14)20-13(2)22/h4-9,11-12H,3,10H2,1-2H3,(H,20,22)(H,21,23). The van der Waals surface area contributed by atoms with Gasteiger partial charge in [0.2, 0.25) is 5.91 Å². The molecule has 130 valence electrons. The topological polar surface area (TPSA) is 84.5 Å². The summed E-state index contributed by atoms with van der Waals surface area (Å²) in [7, 11) is 0. The molecule has 0 saturated carbocycles. The largest absolute Gasteiger partial charge is 0.462 e. The van der Waals surface area contributed by atoms with Crippen molar-refractivity contribution >= 4 is 29.2 Å². The molecule has 0 bridgehead atoms. The first kappa shape index (κ1) is 18.2. The molecule has 0 aliphatic heterocycles. The van der Waals surface area contributed by atoms with E-state index in [4.69, 9.17) is 4.74 Å². The fraction of sp³-hybridized carbons (Fsp3) is 0.211. The number of hydrogen-bond donors (Lipinski definition) is 2. The third kappa shape index (κ3) is 5.46. The molecule has 2 aromatic carbocycles. The maximum absolute atomic E-state index is 12.4. The van der Waals surface area contributed by atoms with E-state index in [9.17, 15) is 14.4 Å². The fourth-order valence-electron chi connectivity index (χ4n) is 2.15. The SMILES string of the molecule is CCCOC(=O)c1cccc(NC(=O)c2cccc(NC(C)=O)c2)c1. The Hall–Kier alpha value is -3.15. The molecule has 0 aliphatic carbocycles. The van der Waals surface area contributed by atoms with Crippen molar-refractivity contribution in [3.8, 4) is 0 Å². The lowest BCUT2D eigenvalue weighted by molar-refractivity contribution is -0.114. The quantitative estimate of drug-likeness (QED) is 0.789. The zero-order chi connectivity index (χ0) is 18.2.